The van der Waals surface area contributed by atoms with E-state index in [0.29, 0.717) is 13.0 Å². The van der Waals surface area contributed by atoms with Crippen molar-refractivity contribution in [2.75, 3.05) is 19.0 Å². The fourth-order valence-corrected chi connectivity index (χ4v) is 2.84. The highest BCUT2D eigenvalue weighted by Gasteiger charge is 2.62. The second kappa shape index (κ2) is 7.21. The average molecular weight is 365 g/mol. The Hall–Kier alpha value is -1.44. The number of methoxy groups -OCH3 is 1. The van der Waals surface area contributed by atoms with Gasteiger partial charge < -0.3 is 20.5 Å². The maximum absolute atomic E-state index is 14.0. The number of carbonyl (C=O) groups is 1. The molecule has 2 atom stereocenters. The summed E-state index contributed by atoms with van der Waals surface area (Å²) in [5.74, 6) is -2.36. The van der Waals surface area contributed by atoms with E-state index in [-0.39, 0.29) is 29.9 Å². The van der Waals surface area contributed by atoms with E-state index in [2.05, 4.69) is 5.32 Å². The van der Waals surface area contributed by atoms with Gasteiger partial charge in [0.15, 0.2) is 17.4 Å². The number of rotatable bonds is 5. The van der Waals surface area contributed by atoms with Crippen LogP contribution >= 0.6 is 12.4 Å². The van der Waals surface area contributed by atoms with Crippen molar-refractivity contribution in [1.29, 1.82) is 0 Å². The average Bonchev–Trinajstić information content (AvgIpc) is 2.49. The summed E-state index contributed by atoms with van der Waals surface area (Å²) in [7, 11) is 1.23. The molecule has 2 unspecified atom stereocenters. The van der Waals surface area contributed by atoms with Gasteiger partial charge in [-0.2, -0.15) is 0 Å². The predicted molar refractivity (Wildman–Crippen MR) is 89.5 cm³/mol. The fourth-order valence-electron chi connectivity index (χ4n) is 2.84. The molecule has 0 heterocycles. The van der Waals surface area contributed by atoms with Gasteiger partial charge in [-0.1, -0.05) is 13.8 Å². The molecule has 3 N–H and O–H groups in total. The van der Waals surface area contributed by atoms with Gasteiger partial charge in [0.25, 0.3) is 0 Å². The van der Waals surface area contributed by atoms with Gasteiger partial charge >= 0.3 is 0 Å². The predicted octanol–water partition coefficient (Wildman–Crippen LogP) is 2.87. The second-order valence-electron chi connectivity index (χ2n) is 6.26. The maximum Gasteiger partial charge on any atom is 0.245 e. The van der Waals surface area contributed by atoms with E-state index in [1.165, 1.54) is 7.11 Å². The summed E-state index contributed by atoms with van der Waals surface area (Å²) >= 11 is 0. The molecule has 1 aromatic rings. The Labute approximate surface area is 146 Å². The number of nitrogens with one attached hydrogen (secondary N) is 1. The molecule has 24 heavy (non-hydrogen) atoms. The minimum Gasteiger partial charge on any atom is -0.494 e. The molecule has 1 aliphatic rings. The van der Waals surface area contributed by atoms with E-state index in [4.69, 9.17) is 15.2 Å². The van der Waals surface area contributed by atoms with Crippen LogP contribution in [0.3, 0.4) is 0 Å². The van der Waals surface area contributed by atoms with E-state index in [1.54, 1.807) is 0 Å². The van der Waals surface area contributed by atoms with E-state index in [0.717, 1.165) is 12.1 Å². The summed E-state index contributed by atoms with van der Waals surface area (Å²) in [6.07, 6.45) is 0.167. The minimum absolute atomic E-state index is 0. The molecule has 1 aliphatic carbocycles. The molecule has 1 aromatic carbocycles. The standard InChI is InChI=1S/C16H22F2N2O3.ClH/c1-5-23-13-8-16(19,15(13,2)3)14(21)20-11-6-10(18)12(22-4)7-9(11)17;/h6-7,13H,5,8,19H2,1-4H3,(H,20,21);1H. The number of anilines is 1. The molecule has 0 bridgehead atoms. The lowest BCUT2D eigenvalue weighted by molar-refractivity contribution is -0.166. The van der Waals surface area contributed by atoms with Crippen LogP contribution in [0.25, 0.3) is 0 Å². The second-order valence-corrected chi connectivity index (χ2v) is 6.26. The summed E-state index contributed by atoms with van der Waals surface area (Å²) in [5, 5.41) is 2.37. The molecular weight excluding hydrogens is 342 g/mol. The Balaban J connectivity index is 0.00000288. The molecule has 8 heteroatoms. The van der Waals surface area contributed by atoms with Crippen LogP contribution in [0.4, 0.5) is 14.5 Å². The monoisotopic (exact) mass is 364 g/mol. The van der Waals surface area contributed by atoms with E-state index in [1.807, 2.05) is 20.8 Å². The van der Waals surface area contributed by atoms with Crippen LogP contribution in [0.1, 0.15) is 27.2 Å². The SMILES string of the molecule is CCOC1CC(N)(C(=O)Nc2cc(F)c(OC)cc2F)C1(C)C.Cl. The Bertz CT molecular complexity index is 628. The quantitative estimate of drug-likeness (QED) is 0.842. The first kappa shape index (κ1) is 20.6. The summed E-state index contributed by atoms with van der Waals surface area (Å²) in [6, 6.07) is 1.75. The van der Waals surface area contributed by atoms with Crippen LogP contribution in [-0.4, -0.2) is 31.3 Å². The van der Waals surface area contributed by atoms with Gasteiger partial charge in [0, 0.05) is 30.6 Å². The molecule has 0 spiro atoms. The van der Waals surface area contributed by atoms with Gasteiger partial charge in [-0.05, 0) is 6.92 Å². The van der Waals surface area contributed by atoms with Crippen LogP contribution in [0.15, 0.2) is 12.1 Å². The van der Waals surface area contributed by atoms with Crippen molar-refractivity contribution in [3.05, 3.63) is 23.8 Å². The molecule has 0 aromatic heterocycles. The van der Waals surface area contributed by atoms with E-state index < -0.39 is 28.5 Å². The lowest BCUT2D eigenvalue weighted by Gasteiger charge is -2.57. The van der Waals surface area contributed by atoms with Gasteiger partial charge in [-0.3, -0.25) is 4.79 Å². The molecule has 2 rings (SSSR count). The highest BCUT2D eigenvalue weighted by Crippen LogP contribution is 2.50. The van der Waals surface area contributed by atoms with Crippen LogP contribution in [0.5, 0.6) is 5.75 Å². The van der Waals surface area contributed by atoms with Crippen molar-refractivity contribution in [3.8, 4) is 5.75 Å². The van der Waals surface area contributed by atoms with Gasteiger partial charge in [0.2, 0.25) is 5.91 Å². The number of ether oxygens (including phenoxy) is 2. The largest absolute Gasteiger partial charge is 0.494 e. The first-order chi connectivity index (χ1) is 10.7. The van der Waals surface area contributed by atoms with Gasteiger partial charge in [0.1, 0.15) is 5.54 Å². The number of amides is 1. The molecule has 0 radical (unpaired) electrons. The Morgan fingerprint density at radius 2 is 2.00 bits per heavy atom. The third-order valence-corrected chi connectivity index (χ3v) is 4.72. The maximum atomic E-state index is 14.0. The van der Waals surface area contributed by atoms with Crippen LogP contribution in [-0.2, 0) is 9.53 Å². The highest BCUT2D eigenvalue weighted by atomic mass is 35.5. The molecule has 1 amide bonds. The first-order valence-electron chi connectivity index (χ1n) is 7.42. The molecule has 0 aliphatic heterocycles. The summed E-state index contributed by atoms with van der Waals surface area (Å²) < 4.78 is 37.9. The van der Waals surface area contributed by atoms with Crippen molar-refractivity contribution in [3.63, 3.8) is 0 Å². The number of halogens is 3. The molecule has 1 saturated carbocycles. The van der Waals surface area contributed by atoms with Crippen molar-refractivity contribution >= 4 is 24.0 Å². The zero-order valence-electron chi connectivity index (χ0n) is 14.1. The molecular formula is C16H23ClF2N2O3. The van der Waals surface area contributed by atoms with Crippen molar-refractivity contribution in [1.82, 2.24) is 0 Å². The summed E-state index contributed by atoms with van der Waals surface area (Å²) in [4.78, 5) is 12.5. The summed E-state index contributed by atoms with van der Waals surface area (Å²) in [5.41, 5.74) is 4.11. The first-order valence-corrected chi connectivity index (χ1v) is 7.42. The summed E-state index contributed by atoms with van der Waals surface area (Å²) in [6.45, 7) is 6.02. The van der Waals surface area contributed by atoms with Crippen molar-refractivity contribution in [2.24, 2.45) is 11.1 Å². The molecule has 5 nitrogen and oxygen atoms in total. The Morgan fingerprint density at radius 3 is 2.50 bits per heavy atom. The third-order valence-electron chi connectivity index (χ3n) is 4.72. The van der Waals surface area contributed by atoms with Gasteiger partial charge in [-0.25, -0.2) is 8.78 Å². The Kier molecular flexibility index (Phi) is 6.19. The number of hydrogen-bond donors (Lipinski definition) is 2. The number of benzene rings is 1. The normalized spacial score (nSPS) is 24.5. The van der Waals surface area contributed by atoms with Gasteiger partial charge in [0.05, 0.1) is 18.9 Å². The molecule has 0 saturated heterocycles. The number of carbonyl (C=O) groups excluding carboxylic acids is 1. The lowest BCUT2D eigenvalue weighted by atomic mass is 9.54. The fraction of sp³-hybridized carbons (Fsp3) is 0.562. The topological polar surface area (TPSA) is 73.6 Å². The Morgan fingerprint density at radius 1 is 1.38 bits per heavy atom. The molecule has 136 valence electrons. The smallest absolute Gasteiger partial charge is 0.245 e. The number of nitrogens with two attached hydrogens (primary N) is 1. The van der Waals surface area contributed by atoms with Crippen molar-refractivity contribution < 1.29 is 23.0 Å². The van der Waals surface area contributed by atoms with Gasteiger partial charge in [-0.15, -0.1) is 12.4 Å². The lowest BCUT2D eigenvalue weighted by Crippen LogP contribution is -2.74. The number of hydrogen-bond acceptors (Lipinski definition) is 4. The van der Waals surface area contributed by atoms with E-state index in [9.17, 15) is 13.6 Å². The zero-order chi connectivity index (χ0) is 17.4. The van der Waals surface area contributed by atoms with E-state index >= 15 is 0 Å². The minimum atomic E-state index is -1.21. The molecule has 1 fully saturated rings. The van der Waals surface area contributed by atoms with Crippen LogP contribution in [0, 0.1) is 17.0 Å². The van der Waals surface area contributed by atoms with Crippen LogP contribution < -0.4 is 15.8 Å². The zero-order valence-corrected chi connectivity index (χ0v) is 14.9. The highest BCUT2D eigenvalue weighted by molar-refractivity contribution is 6.00. The van der Waals surface area contributed by atoms with Crippen LogP contribution in [0.2, 0.25) is 0 Å². The van der Waals surface area contributed by atoms with Crippen molar-refractivity contribution in [2.45, 2.75) is 38.8 Å². The third kappa shape index (κ3) is 3.20.